The summed E-state index contributed by atoms with van der Waals surface area (Å²) < 4.78 is 4.47. The molecule has 0 spiro atoms. The molecular weight excluding hydrogens is 266 g/mol. The number of nitrogens with one attached hydrogen (secondary N) is 2. The molecule has 2 fully saturated rings. The maximum Gasteiger partial charge on any atom is 0.404 e. The van der Waals surface area contributed by atoms with Gasteiger partial charge in [-0.2, -0.15) is 0 Å². The van der Waals surface area contributed by atoms with Crippen LogP contribution in [0.3, 0.4) is 0 Å². The van der Waals surface area contributed by atoms with E-state index in [1.165, 1.54) is 0 Å². The Bertz CT molecular complexity index is 414. The van der Waals surface area contributed by atoms with Crippen molar-refractivity contribution in [2.75, 3.05) is 13.2 Å². The van der Waals surface area contributed by atoms with E-state index >= 15 is 0 Å². The number of amides is 3. The summed E-state index contributed by atoms with van der Waals surface area (Å²) in [6.07, 6.45) is 1.86. The van der Waals surface area contributed by atoms with E-state index in [0.29, 0.717) is 0 Å². The van der Waals surface area contributed by atoms with Gasteiger partial charge in [-0.1, -0.05) is 0 Å². The highest BCUT2D eigenvalue weighted by Crippen LogP contribution is 2.48. The van der Waals surface area contributed by atoms with Crippen molar-refractivity contribution in [3.63, 3.8) is 0 Å². The number of primary amides is 1. The minimum atomic E-state index is -0.897. The summed E-state index contributed by atoms with van der Waals surface area (Å²) >= 11 is 0. The summed E-state index contributed by atoms with van der Waals surface area (Å²) in [5, 5.41) is 14.5. The van der Waals surface area contributed by atoms with Gasteiger partial charge < -0.3 is 26.2 Å². The maximum atomic E-state index is 11.7. The van der Waals surface area contributed by atoms with Gasteiger partial charge in [0.2, 0.25) is 0 Å². The number of nitrogens with two attached hydrogens (primary N) is 1. The summed E-state index contributed by atoms with van der Waals surface area (Å²) in [6.45, 7) is 0.120. The van der Waals surface area contributed by atoms with E-state index in [-0.39, 0.29) is 31.0 Å². The number of rotatable bonds is 5. The molecule has 0 aromatic rings. The molecule has 2 rings (SSSR count). The Kier molecular flexibility index (Phi) is 4.31. The van der Waals surface area contributed by atoms with Crippen LogP contribution in [-0.4, -0.2) is 42.4 Å². The van der Waals surface area contributed by atoms with E-state index in [9.17, 15) is 19.5 Å². The lowest BCUT2D eigenvalue weighted by atomic mass is 9.84. The topological polar surface area (TPSA) is 131 Å². The van der Waals surface area contributed by atoms with Crippen molar-refractivity contribution >= 4 is 18.1 Å². The third-order valence-electron chi connectivity index (χ3n) is 4.13. The first kappa shape index (κ1) is 14.4. The predicted octanol–water partition coefficient (Wildman–Crippen LogP) is -0.120. The van der Waals surface area contributed by atoms with Crippen molar-refractivity contribution < 1.29 is 24.2 Å². The van der Waals surface area contributed by atoms with E-state index in [2.05, 4.69) is 15.4 Å². The van der Waals surface area contributed by atoms with Gasteiger partial charge >= 0.3 is 18.1 Å². The van der Waals surface area contributed by atoms with E-state index in [0.717, 1.165) is 19.3 Å². The zero-order chi connectivity index (χ0) is 14.7. The van der Waals surface area contributed by atoms with Crippen molar-refractivity contribution in [3.05, 3.63) is 0 Å². The van der Waals surface area contributed by atoms with Crippen LogP contribution in [0.2, 0.25) is 0 Å². The highest BCUT2D eigenvalue weighted by Gasteiger charge is 2.51. The average Bonchev–Trinajstić information content (AvgIpc) is 2.94. The summed E-state index contributed by atoms with van der Waals surface area (Å²) in [5.74, 6) is -0.935. The zero-order valence-corrected chi connectivity index (χ0v) is 11.0. The van der Waals surface area contributed by atoms with E-state index in [1.807, 2.05) is 0 Å². The fourth-order valence-corrected chi connectivity index (χ4v) is 3.37. The van der Waals surface area contributed by atoms with Crippen molar-refractivity contribution in [1.82, 2.24) is 10.6 Å². The number of hydrogen-bond donors (Lipinski definition) is 4. The van der Waals surface area contributed by atoms with Crippen molar-refractivity contribution in [1.29, 1.82) is 0 Å². The van der Waals surface area contributed by atoms with Crippen LogP contribution >= 0.6 is 0 Å². The molecule has 2 aliphatic rings. The van der Waals surface area contributed by atoms with Gasteiger partial charge in [0.05, 0.1) is 12.5 Å². The Morgan fingerprint density at radius 2 is 1.95 bits per heavy atom. The molecule has 0 aliphatic heterocycles. The molecule has 112 valence electrons. The lowest BCUT2D eigenvalue weighted by Crippen LogP contribution is -2.50. The van der Waals surface area contributed by atoms with Crippen LogP contribution in [0.4, 0.5) is 9.59 Å². The van der Waals surface area contributed by atoms with Crippen LogP contribution in [0.5, 0.6) is 0 Å². The molecule has 4 atom stereocenters. The fourth-order valence-electron chi connectivity index (χ4n) is 3.37. The van der Waals surface area contributed by atoms with Crippen LogP contribution in [-0.2, 0) is 9.53 Å². The van der Waals surface area contributed by atoms with Gasteiger partial charge in [-0.05, 0) is 31.1 Å². The van der Waals surface area contributed by atoms with Gasteiger partial charge in [0.1, 0.15) is 6.61 Å². The molecule has 2 aliphatic carbocycles. The number of aliphatic carboxylic acids is 1. The van der Waals surface area contributed by atoms with Gasteiger partial charge in [-0.15, -0.1) is 0 Å². The van der Waals surface area contributed by atoms with Crippen molar-refractivity contribution in [2.24, 2.45) is 23.5 Å². The molecule has 0 radical (unpaired) electrons. The van der Waals surface area contributed by atoms with Gasteiger partial charge in [0.15, 0.2) is 0 Å². The lowest BCUT2D eigenvalue weighted by molar-refractivity contribution is -0.144. The SMILES string of the molecule is NC(=O)OCCNC(=O)NC1C2CCC(C2)C1C(=O)O. The molecule has 0 saturated heterocycles. The minimum absolute atomic E-state index is 0.0121. The molecule has 8 heteroatoms. The van der Waals surface area contributed by atoms with Gasteiger partial charge in [-0.3, -0.25) is 4.79 Å². The molecule has 20 heavy (non-hydrogen) atoms. The van der Waals surface area contributed by atoms with Crippen LogP contribution < -0.4 is 16.4 Å². The first-order valence-corrected chi connectivity index (χ1v) is 6.68. The molecule has 4 unspecified atom stereocenters. The molecule has 5 N–H and O–H groups in total. The summed E-state index contributed by atoms with van der Waals surface area (Å²) in [7, 11) is 0. The minimum Gasteiger partial charge on any atom is -0.481 e. The second kappa shape index (κ2) is 5.98. The maximum absolute atomic E-state index is 11.7. The Balaban J connectivity index is 1.78. The van der Waals surface area contributed by atoms with Gasteiger partial charge in [0.25, 0.3) is 0 Å². The smallest absolute Gasteiger partial charge is 0.404 e. The number of urea groups is 1. The first-order valence-electron chi connectivity index (χ1n) is 6.68. The molecular formula is C12H19N3O5. The van der Waals surface area contributed by atoms with Crippen molar-refractivity contribution in [2.45, 2.75) is 25.3 Å². The zero-order valence-electron chi connectivity index (χ0n) is 11.0. The Hall–Kier alpha value is -1.99. The number of carbonyl (C=O) groups excluding carboxylic acids is 2. The second-order valence-electron chi connectivity index (χ2n) is 5.29. The van der Waals surface area contributed by atoms with Crippen LogP contribution in [0, 0.1) is 17.8 Å². The van der Waals surface area contributed by atoms with E-state index in [1.54, 1.807) is 0 Å². The molecule has 0 aromatic heterocycles. The number of carboxylic acids is 1. The normalized spacial score (nSPS) is 30.8. The fraction of sp³-hybridized carbons (Fsp3) is 0.750. The highest BCUT2D eigenvalue weighted by molar-refractivity contribution is 5.77. The van der Waals surface area contributed by atoms with E-state index < -0.39 is 24.0 Å². The Labute approximate surface area is 116 Å². The molecule has 0 heterocycles. The lowest BCUT2D eigenvalue weighted by Gasteiger charge is -2.28. The standard InChI is InChI=1S/C12H19N3O5/c13-11(18)20-4-3-14-12(19)15-9-7-2-1-6(5-7)8(9)10(16)17/h6-9H,1-5H2,(H2,13,18)(H,16,17)(H2,14,15,19). The summed E-state index contributed by atoms with van der Waals surface area (Å²) in [6, 6.07) is -0.759. The highest BCUT2D eigenvalue weighted by atomic mass is 16.5. The second-order valence-corrected chi connectivity index (χ2v) is 5.29. The number of hydrogen-bond acceptors (Lipinski definition) is 4. The third-order valence-corrected chi connectivity index (χ3v) is 4.13. The quantitative estimate of drug-likeness (QED) is 0.523. The number of carbonyl (C=O) groups is 3. The molecule has 0 aromatic carbocycles. The summed E-state index contributed by atoms with van der Waals surface area (Å²) in [5.41, 5.74) is 4.78. The first-order chi connectivity index (χ1) is 9.49. The predicted molar refractivity (Wildman–Crippen MR) is 67.8 cm³/mol. The number of carboxylic acid groups (broad SMARTS) is 1. The van der Waals surface area contributed by atoms with Crippen LogP contribution in [0.15, 0.2) is 0 Å². The van der Waals surface area contributed by atoms with Crippen LogP contribution in [0.25, 0.3) is 0 Å². The summed E-state index contributed by atoms with van der Waals surface area (Å²) in [4.78, 5) is 33.3. The van der Waals surface area contributed by atoms with Crippen LogP contribution in [0.1, 0.15) is 19.3 Å². The van der Waals surface area contributed by atoms with Gasteiger partial charge in [-0.25, -0.2) is 9.59 Å². The molecule has 2 bridgehead atoms. The number of fused-ring (bicyclic) bond motifs is 2. The molecule has 3 amide bonds. The van der Waals surface area contributed by atoms with E-state index in [4.69, 9.17) is 5.73 Å². The largest absolute Gasteiger partial charge is 0.481 e. The van der Waals surface area contributed by atoms with Gasteiger partial charge in [0, 0.05) is 6.04 Å². The molecule has 2 saturated carbocycles. The number of ether oxygens (including phenoxy) is 1. The van der Waals surface area contributed by atoms with Crippen molar-refractivity contribution in [3.8, 4) is 0 Å². The third kappa shape index (κ3) is 3.12. The molecule has 8 nitrogen and oxygen atoms in total. The monoisotopic (exact) mass is 285 g/mol. The Morgan fingerprint density at radius 1 is 1.25 bits per heavy atom. The average molecular weight is 285 g/mol. The Morgan fingerprint density at radius 3 is 2.60 bits per heavy atom.